The second-order valence-electron chi connectivity index (χ2n) is 12.0. The third-order valence-corrected chi connectivity index (χ3v) is 8.47. The molecule has 2 heteroatoms. The molecule has 1 heterocycles. The molecule has 2 rings (SSSR count). The third kappa shape index (κ3) is 15.2. The van der Waals surface area contributed by atoms with Gasteiger partial charge in [-0.1, -0.05) is 179 Å². The van der Waals surface area contributed by atoms with Crippen LogP contribution < -0.4 is 0 Å². The van der Waals surface area contributed by atoms with Gasteiger partial charge in [-0.25, -0.2) is 0 Å². The van der Waals surface area contributed by atoms with Crippen LogP contribution in [0.15, 0.2) is 42.7 Å². The van der Waals surface area contributed by atoms with Crippen LogP contribution >= 0.6 is 0 Å². The van der Waals surface area contributed by atoms with Crippen LogP contribution in [0.3, 0.4) is 0 Å². The molecule has 0 aromatic heterocycles. The maximum absolute atomic E-state index is 2.60. The summed E-state index contributed by atoms with van der Waals surface area (Å²) in [4.78, 5) is 5.20. The summed E-state index contributed by atoms with van der Waals surface area (Å²) in [6, 6.07) is 11.2. The predicted octanol–water partition coefficient (Wildman–Crippen LogP) is 11.8. The van der Waals surface area contributed by atoms with Crippen molar-refractivity contribution in [3.05, 3.63) is 48.3 Å². The summed E-state index contributed by atoms with van der Waals surface area (Å²) < 4.78 is 0. The van der Waals surface area contributed by atoms with E-state index in [4.69, 9.17) is 0 Å². The summed E-state index contributed by atoms with van der Waals surface area (Å²) in [6.07, 6.45) is 37.7. The Labute approximate surface area is 238 Å². The summed E-state index contributed by atoms with van der Waals surface area (Å²) in [6.45, 7) is 6.97. The van der Waals surface area contributed by atoms with Gasteiger partial charge in [0, 0.05) is 25.5 Å². The molecule has 38 heavy (non-hydrogen) atoms. The number of rotatable bonds is 26. The molecular weight excluding hydrogens is 460 g/mol. The number of hydrogen-bond donors (Lipinski definition) is 0. The van der Waals surface area contributed by atoms with Crippen molar-refractivity contribution < 1.29 is 0 Å². The van der Waals surface area contributed by atoms with Gasteiger partial charge in [0.2, 0.25) is 0 Å². The van der Waals surface area contributed by atoms with Crippen molar-refractivity contribution >= 4 is 0 Å². The Hall–Kier alpha value is -1.44. The van der Waals surface area contributed by atoms with Crippen LogP contribution in [0.1, 0.15) is 173 Å². The summed E-state index contributed by atoms with van der Waals surface area (Å²) in [5, 5.41) is 0. The van der Waals surface area contributed by atoms with Crippen molar-refractivity contribution in [2.45, 2.75) is 168 Å². The second kappa shape index (κ2) is 23.4. The lowest BCUT2D eigenvalue weighted by Gasteiger charge is -2.33. The summed E-state index contributed by atoms with van der Waals surface area (Å²) >= 11 is 0. The van der Waals surface area contributed by atoms with E-state index in [1.165, 1.54) is 166 Å². The highest BCUT2D eigenvalue weighted by molar-refractivity contribution is 5.21. The average molecular weight is 525 g/mol. The van der Waals surface area contributed by atoms with Gasteiger partial charge in [0.1, 0.15) is 6.17 Å². The Morgan fingerprint density at radius 3 is 1.08 bits per heavy atom. The van der Waals surface area contributed by atoms with Crippen LogP contribution in [0.2, 0.25) is 0 Å². The van der Waals surface area contributed by atoms with Gasteiger partial charge in [0.25, 0.3) is 0 Å². The third-order valence-electron chi connectivity index (χ3n) is 8.47. The Morgan fingerprint density at radius 2 is 0.737 bits per heavy atom. The van der Waals surface area contributed by atoms with Crippen molar-refractivity contribution in [1.82, 2.24) is 9.80 Å². The van der Waals surface area contributed by atoms with Crippen LogP contribution in [0.25, 0.3) is 0 Å². The van der Waals surface area contributed by atoms with Crippen molar-refractivity contribution in [1.29, 1.82) is 0 Å². The van der Waals surface area contributed by atoms with E-state index in [1.807, 2.05) is 0 Å². The SMILES string of the molecule is CCCCCCCCCCCCCCCN1C=CN(CCCCCCCCCCCC)C1c1ccccc1. The lowest BCUT2D eigenvalue weighted by molar-refractivity contribution is 0.149. The zero-order valence-corrected chi connectivity index (χ0v) is 25.7. The molecule has 0 N–H and O–H groups in total. The first-order chi connectivity index (χ1) is 18.9. The minimum absolute atomic E-state index is 0.395. The van der Waals surface area contributed by atoms with Gasteiger partial charge in [0.15, 0.2) is 0 Å². The van der Waals surface area contributed by atoms with Crippen molar-refractivity contribution in [2.75, 3.05) is 13.1 Å². The number of unbranched alkanes of at least 4 members (excludes halogenated alkanes) is 21. The van der Waals surface area contributed by atoms with Crippen LogP contribution in [0, 0.1) is 0 Å². The highest BCUT2D eigenvalue weighted by Crippen LogP contribution is 2.31. The van der Waals surface area contributed by atoms with Crippen LogP contribution in [0.4, 0.5) is 0 Å². The summed E-state index contributed by atoms with van der Waals surface area (Å²) in [7, 11) is 0. The lowest BCUT2D eigenvalue weighted by atomic mass is 10.0. The van der Waals surface area contributed by atoms with E-state index in [0.717, 1.165) is 0 Å². The highest BCUT2D eigenvalue weighted by atomic mass is 15.4. The molecule has 0 bridgehead atoms. The topological polar surface area (TPSA) is 6.48 Å². The average Bonchev–Trinajstić information content (AvgIpc) is 3.35. The van der Waals surface area contributed by atoms with Crippen molar-refractivity contribution in [2.24, 2.45) is 0 Å². The normalized spacial score (nSPS) is 15.2. The maximum atomic E-state index is 2.60. The lowest BCUT2D eigenvalue weighted by Crippen LogP contribution is -2.32. The van der Waals surface area contributed by atoms with Gasteiger partial charge in [0.05, 0.1) is 0 Å². The number of nitrogens with zero attached hydrogens (tertiary/aromatic N) is 2. The zero-order chi connectivity index (χ0) is 26.9. The van der Waals surface area contributed by atoms with Crippen molar-refractivity contribution in [3.8, 4) is 0 Å². The van der Waals surface area contributed by atoms with Gasteiger partial charge in [-0.15, -0.1) is 0 Å². The molecule has 0 fully saturated rings. The molecule has 0 radical (unpaired) electrons. The Bertz CT molecular complexity index is 655. The van der Waals surface area contributed by atoms with E-state index in [9.17, 15) is 0 Å². The largest absolute Gasteiger partial charge is 0.352 e. The molecule has 1 aromatic rings. The summed E-state index contributed by atoms with van der Waals surface area (Å²) in [5.41, 5.74) is 1.44. The van der Waals surface area contributed by atoms with E-state index in [-0.39, 0.29) is 0 Å². The smallest absolute Gasteiger partial charge is 0.127 e. The predicted molar refractivity (Wildman–Crippen MR) is 169 cm³/mol. The van der Waals surface area contributed by atoms with E-state index in [1.54, 1.807) is 0 Å². The van der Waals surface area contributed by atoms with Gasteiger partial charge in [-0.3, -0.25) is 0 Å². The molecule has 1 aliphatic heterocycles. The fraction of sp³-hybridized carbons (Fsp3) is 0.778. The van der Waals surface area contributed by atoms with Gasteiger partial charge in [-0.2, -0.15) is 0 Å². The molecule has 0 spiro atoms. The molecule has 1 aliphatic rings. The molecule has 0 saturated heterocycles. The number of benzene rings is 1. The Balaban J connectivity index is 1.56. The van der Waals surface area contributed by atoms with Crippen LogP contribution in [-0.2, 0) is 0 Å². The molecule has 0 aliphatic carbocycles. The van der Waals surface area contributed by atoms with E-state index < -0.39 is 0 Å². The molecule has 0 saturated carbocycles. The van der Waals surface area contributed by atoms with E-state index in [2.05, 4.69) is 66.4 Å². The van der Waals surface area contributed by atoms with Crippen LogP contribution in [0.5, 0.6) is 0 Å². The van der Waals surface area contributed by atoms with Crippen molar-refractivity contribution in [3.63, 3.8) is 0 Å². The fourth-order valence-corrected chi connectivity index (χ4v) is 6.02. The standard InChI is InChI=1S/C36H64N2/c1-3-5-7-9-11-13-15-16-17-19-21-23-28-32-38-34-33-37(36(38)35-29-25-24-26-30-35)31-27-22-20-18-14-12-10-8-6-4-2/h24-26,29-30,33-34,36H,3-23,27-28,31-32H2,1-2H3. The molecular formula is C36H64N2. The monoisotopic (exact) mass is 525 g/mol. The fourth-order valence-electron chi connectivity index (χ4n) is 6.02. The number of hydrogen-bond acceptors (Lipinski definition) is 2. The first kappa shape index (κ1) is 32.8. The maximum Gasteiger partial charge on any atom is 0.127 e. The van der Waals surface area contributed by atoms with Gasteiger partial charge < -0.3 is 9.80 Å². The Morgan fingerprint density at radius 1 is 0.421 bits per heavy atom. The molecule has 218 valence electrons. The first-order valence-corrected chi connectivity index (χ1v) is 17.1. The molecule has 1 atom stereocenters. The molecule has 1 unspecified atom stereocenters. The van der Waals surface area contributed by atoms with E-state index in [0.29, 0.717) is 6.17 Å². The minimum atomic E-state index is 0.395. The van der Waals surface area contributed by atoms with E-state index >= 15 is 0 Å². The quantitative estimate of drug-likeness (QED) is 0.111. The van der Waals surface area contributed by atoms with Gasteiger partial charge in [-0.05, 0) is 18.4 Å². The minimum Gasteiger partial charge on any atom is -0.352 e. The zero-order valence-electron chi connectivity index (χ0n) is 25.7. The first-order valence-electron chi connectivity index (χ1n) is 17.1. The molecule has 1 aromatic carbocycles. The summed E-state index contributed by atoms with van der Waals surface area (Å²) in [5.74, 6) is 0. The highest BCUT2D eigenvalue weighted by Gasteiger charge is 2.26. The second-order valence-corrected chi connectivity index (χ2v) is 12.0. The molecule has 0 amide bonds. The molecule has 2 nitrogen and oxygen atoms in total. The van der Waals surface area contributed by atoms with Gasteiger partial charge >= 0.3 is 0 Å². The Kier molecular flexibility index (Phi) is 20.2. The van der Waals surface area contributed by atoms with Crippen LogP contribution in [-0.4, -0.2) is 22.9 Å².